The average molecular weight is 185 g/mol. The van der Waals surface area contributed by atoms with Gasteiger partial charge < -0.3 is 9.94 Å². The van der Waals surface area contributed by atoms with Crippen molar-refractivity contribution in [3.63, 3.8) is 0 Å². The Hall–Kier alpha value is -1.06. The Balaban J connectivity index is 2.34. The molecule has 0 radical (unpaired) electrons. The van der Waals surface area contributed by atoms with E-state index in [1.807, 2.05) is 0 Å². The van der Waals surface area contributed by atoms with Gasteiger partial charge in [0.1, 0.15) is 0 Å². The van der Waals surface area contributed by atoms with Gasteiger partial charge in [0.2, 0.25) is 0 Å². The van der Waals surface area contributed by atoms with Crippen LogP contribution in [-0.4, -0.2) is 24.5 Å². The molecule has 1 fully saturated rings. The molecule has 0 heterocycles. The second kappa shape index (κ2) is 4.84. The summed E-state index contributed by atoms with van der Waals surface area (Å²) in [6.07, 6.45) is 5.04. The summed E-state index contributed by atoms with van der Waals surface area (Å²) >= 11 is 0. The molecule has 0 unspecified atom stereocenters. The molecular weight excluding hydrogens is 170 g/mol. The fraction of sp³-hybridized carbons (Fsp3) is 0.778. The number of hydrogen-bond acceptors (Lipinski definition) is 4. The van der Waals surface area contributed by atoms with E-state index < -0.39 is 0 Å². The third-order valence-corrected chi connectivity index (χ3v) is 2.58. The van der Waals surface area contributed by atoms with Gasteiger partial charge in [-0.15, -0.1) is 5.16 Å². The zero-order chi connectivity index (χ0) is 9.68. The van der Waals surface area contributed by atoms with Crippen LogP contribution in [-0.2, 0) is 9.53 Å². The third-order valence-electron chi connectivity index (χ3n) is 2.58. The van der Waals surface area contributed by atoms with E-state index in [2.05, 4.69) is 9.89 Å². The van der Waals surface area contributed by atoms with E-state index in [-0.39, 0.29) is 11.9 Å². The Kier molecular flexibility index (Phi) is 3.73. The van der Waals surface area contributed by atoms with Gasteiger partial charge in [0.15, 0.2) is 0 Å². The standard InChI is InChI=1S/C9H15NO3/c1-13-9(11)8-4-2-7(3-5-8)6-10-12/h6-8,12H,2-5H2,1H3/t7-,8+. The van der Waals surface area contributed by atoms with Crippen LogP contribution in [0.15, 0.2) is 5.16 Å². The quantitative estimate of drug-likeness (QED) is 0.306. The van der Waals surface area contributed by atoms with E-state index in [1.54, 1.807) is 6.21 Å². The third kappa shape index (κ3) is 2.72. The fourth-order valence-electron chi connectivity index (χ4n) is 1.76. The molecule has 1 aliphatic carbocycles. The Morgan fingerprint density at radius 3 is 2.54 bits per heavy atom. The maximum Gasteiger partial charge on any atom is 0.308 e. The number of oxime groups is 1. The molecule has 4 heteroatoms. The molecule has 0 aromatic carbocycles. The number of nitrogens with zero attached hydrogens (tertiary/aromatic N) is 1. The Labute approximate surface area is 77.6 Å². The van der Waals surface area contributed by atoms with Gasteiger partial charge >= 0.3 is 5.97 Å². The lowest BCUT2D eigenvalue weighted by Gasteiger charge is -2.23. The zero-order valence-electron chi connectivity index (χ0n) is 7.77. The van der Waals surface area contributed by atoms with Crippen molar-refractivity contribution in [2.45, 2.75) is 25.7 Å². The lowest BCUT2D eigenvalue weighted by atomic mass is 9.83. The summed E-state index contributed by atoms with van der Waals surface area (Å²) in [5, 5.41) is 11.3. The number of carbonyl (C=O) groups excluding carboxylic acids is 1. The monoisotopic (exact) mass is 185 g/mol. The second-order valence-corrected chi connectivity index (χ2v) is 3.40. The maximum atomic E-state index is 11.1. The van der Waals surface area contributed by atoms with Crippen LogP contribution in [0.25, 0.3) is 0 Å². The molecule has 0 bridgehead atoms. The van der Waals surface area contributed by atoms with Gasteiger partial charge in [-0.2, -0.15) is 0 Å². The molecular formula is C9H15NO3. The minimum absolute atomic E-state index is 0.0494. The highest BCUT2D eigenvalue weighted by Gasteiger charge is 2.25. The molecule has 74 valence electrons. The summed E-state index contributed by atoms with van der Waals surface area (Å²) in [5.74, 6) is 0.263. The van der Waals surface area contributed by atoms with Crippen LogP contribution in [0.3, 0.4) is 0 Å². The summed E-state index contributed by atoms with van der Waals surface area (Å²) in [6.45, 7) is 0. The van der Waals surface area contributed by atoms with E-state index in [9.17, 15) is 4.79 Å². The molecule has 0 saturated heterocycles. The summed E-state index contributed by atoms with van der Waals surface area (Å²) in [7, 11) is 1.42. The predicted molar refractivity (Wildman–Crippen MR) is 47.7 cm³/mol. The highest BCUT2D eigenvalue weighted by molar-refractivity contribution is 5.72. The molecule has 0 aromatic rings. The van der Waals surface area contributed by atoms with E-state index in [0.717, 1.165) is 25.7 Å². The Morgan fingerprint density at radius 2 is 2.08 bits per heavy atom. The lowest BCUT2D eigenvalue weighted by molar-refractivity contribution is -0.146. The van der Waals surface area contributed by atoms with Crippen molar-refractivity contribution in [1.29, 1.82) is 0 Å². The molecule has 0 amide bonds. The molecule has 4 nitrogen and oxygen atoms in total. The first kappa shape index (κ1) is 10.0. The van der Waals surface area contributed by atoms with Crippen molar-refractivity contribution in [3.05, 3.63) is 0 Å². The van der Waals surface area contributed by atoms with E-state index in [4.69, 9.17) is 5.21 Å². The SMILES string of the molecule is COC(=O)[C@H]1CC[C@@H](C=NO)CC1. The van der Waals surface area contributed by atoms with E-state index in [0.29, 0.717) is 5.92 Å². The van der Waals surface area contributed by atoms with Gasteiger partial charge in [0.05, 0.1) is 13.0 Å². The van der Waals surface area contributed by atoms with Crippen molar-refractivity contribution in [3.8, 4) is 0 Å². The summed E-state index contributed by atoms with van der Waals surface area (Å²) in [5.41, 5.74) is 0. The predicted octanol–water partition coefficient (Wildman–Crippen LogP) is 1.43. The number of methoxy groups -OCH3 is 1. The lowest BCUT2D eigenvalue weighted by Crippen LogP contribution is -2.23. The van der Waals surface area contributed by atoms with Gasteiger partial charge in [-0.25, -0.2) is 0 Å². The second-order valence-electron chi connectivity index (χ2n) is 3.40. The first-order valence-electron chi connectivity index (χ1n) is 4.53. The Morgan fingerprint density at radius 1 is 1.46 bits per heavy atom. The molecule has 1 aliphatic rings. The van der Waals surface area contributed by atoms with Gasteiger partial charge in [0.25, 0.3) is 0 Å². The van der Waals surface area contributed by atoms with Crippen LogP contribution in [0.1, 0.15) is 25.7 Å². The van der Waals surface area contributed by atoms with Crippen molar-refractivity contribution in [2.75, 3.05) is 7.11 Å². The van der Waals surface area contributed by atoms with Gasteiger partial charge in [-0.1, -0.05) is 0 Å². The van der Waals surface area contributed by atoms with Gasteiger partial charge in [-0.05, 0) is 31.6 Å². The number of carbonyl (C=O) groups is 1. The smallest absolute Gasteiger partial charge is 0.308 e. The molecule has 1 saturated carbocycles. The van der Waals surface area contributed by atoms with Crippen molar-refractivity contribution < 1.29 is 14.7 Å². The van der Waals surface area contributed by atoms with Crippen molar-refractivity contribution in [1.82, 2.24) is 0 Å². The number of ether oxygens (including phenoxy) is 1. The van der Waals surface area contributed by atoms with Gasteiger partial charge in [-0.3, -0.25) is 4.79 Å². The molecule has 0 atom stereocenters. The largest absolute Gasteiger partial charge is 0.469 e. The highest BCUT2D eigenvalue weighted by Crippen LogP contribution is 2.28. The normalized spacial score (nSPS) is 29.0. The van der Waals surface area contributed by atoms with E-state index >= 15 is 0 Å². The topological polar surface area (TPSA) is 58.9 Å². The molecule has 1 rings (SSSR count). The van der Waals surface area contributed by atoms with Gasteiger partial charge in [0, 0.05) is 6.21 Å². The molecule has 0 spiro atoms. The zero-order valence-corrected chi connectivity index (χ0v) is 7.77. The summed E-state index contributed by atoms with van der Waals surface area (Å²) in [4.78, 5) is 11.1. The molecule has 0 aliphatic heterocycles. The van der Waals surface area contributed by atoms with Crippen LogP contribution < -0.4 is 0 Å². The van der Waals surface area contributed by atoms with Crippen molar-refractivity contribution >= 4 is 12.2 Å². The first-order valence-corrected chi connectivity index (χ1v) is 4.53. The van der Waals surface area contributed by atoms with Crippen LogP contribution in [0.4, 0.5) is 0 Å². The molecule has 13 heavy (non-hydrogen) atoms. The number of rotatable bonds is 2. The minimum atomic E-state index is -0.112. The number of hydrogen-bond donors (Lipinski definition) is 1. The van der Waals surface area contributed by atoms with Crippen LogP contribution in [0, 0.1) is 11.8 Å². The Bertz CT molecular complexity index is 195. The van der Waals surface area contributed by atoms with E-state index in [1.165, 1.54) is 7.11 Å². The first-order chi connectivity index (χ1) is 6.27. The summed E-state index contributed by atoms with van der Waals surface area (Å²) < 4.78 is 4.66. The van der Waals surface area contributed by atoms with Crippen molar-refractivity contribution in [2.24, 2.45) is 17.0 Å². The van der Waals surface area contributed by atoms with Crippen LogP contribution in [0.2, 0.25) is 0 Å². The van der Waals surface area contributed by atoms with Crippen LogP contribution >= 0.6 is 0 Å². The fourth-order valence-corrected chi connectivity index (χ4v) is 1.76. The highest BCUT2D eigenvalue weighted by atomic mass is 16.5. The maximum absolute atomic E-state index is 11.1. The van der Waals surface area contributed by atoms with Crippen LogP contribution in [0.5, 0.6) is 0 Å². The minimum Gasteiger partial charge on any atom is -0.469 e. The average Bonchev–Trinajstić information content (AvgIpc) is 2.18. The molecule has 1 N–H and O–H groups in total. The summed E-state index contributed by atoms with van der Waals surface area (Å²) in [6, 6.07) is 0. The molecule has 0 aromatic heterocycles. The number of esters is 1.